The van der Waals surface area contributed by atoms with Gasteiger partial charge in [0.15, 0.2) is 0 Å². The SMILES string of the molecule is C=C(C)C(=O)OC(C)(C)CC(C)(C)Oc1ccc(C(=O)Oc2ccc(OC(=O)c3ccc(OC(C)(CC)CC(C)(C)OC(=O)C(=C)C)cc3F)cc2)c(F)c1. The summed E-state index contributed by atoms with van der Waals surface area (Å²) in [5.41, 5.74) is -3.72. The third-order valence-electron chi connectivity index (χ3n) is 8.16. The van der Waals surface area contributed by atoms with Crippen molar-refractivity contribution in [2.75, 3.05) is 0 Å². The molecule has 0 aromatic heterocycles. The third kappa shape index (κ3) is 13.1. The van der Waals surface area contributed by atoms with Crippen LogP contribution < -0.4 is 18.9 Å². The van der Waals surface area contributed by atoms with Crippen LogP contribution in [0.5, 0.6) is 23.0 Å². The molecule has 0 aliphatic carbocycles. The monoisotopic (exact) mass is 764 g/mol. The van der Waals surface area contributed by atoms with E-state index in [2.05, 4.69) is 13.2 Å². The maximum Gasteiger partial charge on any atom is 0.346 e. The van der Waals surface area contributed by atoms with Gasteiger partial charge in [-0.2, -0.15) is 0 Å². The van der Waals surface area contributed by atoms with Crippen LogP contribution in [0.4, 0.5) is 8.78 Å². The van der Waals surface area contributed by atoms with Crippen molar-refractivity contribution in [3.05, 3.63) is 108 Å². The van der Waals surface area contributed by atoms with Crippen molar-refractivity contribution in [1.82, 2.24) is 0 Å². The Hall–Kier alpha value is -5.52. The lowest BCUT2D eigenvalue weighted by Gasteiger charge is -2.37. The number of ether oxygens (including phenoxy) is 6. The average molecular weight is 765 g/mol. The molecule has 0 amide bonds. The predicted molar refractivity (Wildman–Crippen MR) is 202 cm³/mol. The largest absolute Gasteiger partial charge is 0.488 e. The van der Waals surface area contributed by atoms with Crippen LogP contribution in [0.15, 0.2) is 85.0 Å². The normalized spacial score (nSPS) is 12.8. The van der Waals surface area contributed by atoms with Crippen molar-refractivity contribution in [3.8, 4) is 23.0 Å². The van der Waals surface area contributed by atoms with E-state index in [1.165, 1.54) is 48.5 Å². The molecule has 1 unspecified atom stereocenters. The summed E-state index contributed by atoms with van der Waals surface area (Å²) in [6.07, 6.45) is 1.06. The number of carbonyl (C=O) groups is 4. The van der Waals surface area contributed by atoms with Crippen LogP contribution in [0.2, 0.25) is 0 Å². The van der Waals surface area contributed by atoms with Crippen molar-refractivity contribution in [2.45, 2.75) is 111 Å². The van der Waals surface area contributed by atoms with Gasteiger partial charge in [0.25, 0.3) is 0 Å². The van der Waals surface area contributed by atoms with Crippen LogP contribution in [0.3, 0.4) is 0 Å². The van der Waals surface area contributed by atoms with Gasteiger partial charge in [-0.05, 0) is 117 Å². The summed E-state index contributed by atoms with van der Waals surface area (Å²) in [6.45, 7) is 24.5. The Labute approximate surface area is 321 Å². The lowest BCUT2D eigenvalue weighted by molar-refractivity contribution is -0.156. The Morgan fingerprint density at radius 1 is 0.564 bits per heavy atom. The van der Waals surface area contributed by atoms with Crippen molar-refractivity contribution in [1.29, 1.82) is 0 Å². The highest BCUT2D eigenvalue weighted by atomic mass is 19.1. The second kappa shape index (κ2) is 17.3. The molecule has 0 aliphatic heterocycles. The standard InChI is InChI=1S/C43H50F2O10/c1-13-43(12,25-42(10,11)55-37(47)27(4)5)53-31-19-21-33(35(45)23-31)39(49)51-29-16-14-28(15-17-29)50-38(48)32-20-18-30(22-34(32)44)52-40(6,7)24-41(8,9)54-36(46)26(2)3/h14-23H,2,4,13,24-25H2,1,3,5-12H3. The van der Waals surface area contributed by atoms with Gasteiger partial charge in [0.05, 0.1) is 11.1 Å². The van der Waals surface area contributed by atoms with Gasteiger partial charge in [-0.3, -0.25) is 0 Å². The topological polar surface area (TPSA) is 124 Å². The molecule has 12 heteroatoms. The summed E-state index contributed by atoms with van der Waals surface area (Å²) in [4.78, 5) is 49.8. The molecule has 0 saturated carbocycles. The molecular weight excluding hydrogens is 714 g/mol. The maximum absolute atomic E-state index is 15.1. The summed E-state index contributed by atoms with van der Waals surface area (Å²) in [6, 6.07) is 12.8. The lowest BCUT2D eigenvalue weighted by Crippen LogP contribution is -2.42. The number of hydrogen-bond donors (Lipinski definition) is 0. The molecule has 0 saturated heterocycles. The molecule has 0 N–H and O–H groups in total. The van der Waals surface area contributed by atoms with E-state index < -0.39 is 57.9 Å². The van der Waals surface area contributed by atoms with Gasteiger partial charge in [0, 0.05) is 36.1 Å². The van der Waals surface area contributed by atoms with E-state index in [9.17, 15) is 19.2 Å². The van der Waals surface area contributed by atoms with Crippen molar-refractivity contribution in [3.63, 3.8) is 0 Å². The van der Waals surface area contributed by atoms with Crippen LogP contribution in [0.25, 0.3) is 0 Å². The van der Waals surface area contributed by atoms with Crippen molar-refractivity contribution >= 4 is 23.9 Å². The Balaban J connectivity index is 1.61. The van der Waals surface area contributed by atoms with Crippen molar-refractivity contribution in [2.24, 2.45) is 0 Å². The number of halogens is 2. The van der Waals surface area contributed by atoms with Crippen molar-refractivity contribution < 1.29 is 56.4 Å². The first-order chi connectivity index (χ1) is 25.3. The molecule has 0 aliphatic rings. The zero-order valence-corrected chi connectivity index (χ0v) is 33.1. The highest BCUT2D eigenvalue weighted by Gasteiger charge is 2.37. The molecule has 10 nitrogen and oxygen atoms in total. The third-order valence-corrected chi connectivity index (χ3v) is 8.16. The van der Waals surface area contributed by atoms with E-state index in [4.69, 9.17) is 28.4 Å². The summed E-state index contributed by atoms with van der Waals surface area (Å²) in [5.74, 6) is -4.43. The molecule has 3 aromatic carbocycles. The molecule has 3 rings (SSSR count). The zero-order valence-electron chi connectivity index (χ0n) is 33.1. The quantitative estimate of drug-likeness (QED) is 0.0746. The van der Waals surface area contributed by atoms with Gasteiger partial charge in [-0.25, -0.2) is 28.0 Å². The van der Waals surface area contributed by atoms with Crippen LogP contribution in [0, 0.1) is 11.6 Å². The minimum atomic E-state index is -0.985. The second-order valence-corrected chi connectivity index (χ2v) is 15.5. The fraction of sp³-hybridized carbons (Fsp3) is 0.395. The lowest BCUT2D eigenvalue weighted by atomic mass is 9.88. The first kappa shape index (κ1) is 43.9. The van der Waals surface area contributed by atoms with E-state index in [0.29, 0.717) is 12.8 Å². The minimum Gasteiger partial charge on any atom is -0.488 e. The Kier molecular flexibility index (Phi) is 13.8. The van der Waals surface area contributed by atoms with E-state index in [-0.39, 0.29) is 51.7 Å². The summed E-state index contributed by atoms with van der Waals surface area (Å²) >= 11 is 0. The second-order valence-electron chi connectivity index (χ2n) is 15.5. The van der Waals surface area contributed by atoms with E-state index >= 15 is 8.78 Å². The van der Waals surface area contributed by atoms with E-state index in [1.807, 2.05) is 13.8 Å². The van der Waals surface area contributed by atoms with Gasteiger partial charge < -0.3 is 28.4 Å². The molecule has 3 aromatic rings. The molecule has 0 radical (unpaired) electrons. The Morgan fingerprint density at radius 2 is 0.927 bits per heavy atom. The van der Waals surface area contributed by atoms with E-state index in [0.717, 1.165) is 12.1 Å². The van der Waals surface area contributed by atoms with Gasteiger partial charge in [-0.15, -0.1) is 0 Å². The summed E-state index contributed by atoms with van der Waals surface area (Å²) in [7, 11) is 0. The summed E-state index contributed by atoms with van der Waals surface area (Å²) < 4.78 is 64.0. The number of esters is 4. The molecule has 0 fully saturated rings. The highest BCUT2D eigenvalue weighted by molar-refractivity contribution is 5.92. The van der Waals surface area contributed by atoms with Gasteiger partial charge >= 0.3 is 23.9 Å². The molecule has 0 bridgehead atoms. The number of carbonyl (C=O) groups excluding carboxylic acids is 4. The van der Waals surface area contributed by atoms with Gasteiger partial charge in [0.1, 0.15) is 57.0 Å². The molecule has 296 valence electrons. The van der Waals surface area contributed by atoms with Crippen LogP contribution in [0.1, 0.15) is 109 Å². The van der Waals surface area contributed by atoms with Crippen LogP contribution >= 0.6 is 0 Å². The van der Waals surface area contributed by atoms with Crippen LogP contribution in [-0.4, -0.2) is 46.3 Å². The molecule has 55 heavy (non-hydrogen) atoms. The maximum atomic E-state index is 15.1. The molecule has 0 spiro atoms. The fourth-order valence-electron chi connectivity index (χ4n) is 5.90. The van der Waals surface area contributed by atoms with Crippen LogP contribution in [-0.2, 0) is 19.1 Å². The minimum absolute atomic E-state index is 0.0291. The first-order valence-electron chi connectivity index (χ1n) is 17.6. The first-order valence-corrected chi connectivity index (χ1v) is 17.6. The Bertz CT molecular complexity index is 1940. The van der Waals surface area contributed by atoms with Gasteiger partial charge in [-0.1, -0.05) is 20.1 Å². The molecule has 0 heterocycles. The number of hydrogen-bond acceptors (Lipinski definition) is 10. The number of benzene rings is 3. The number of rotatable bonds is 17. The molecule has 1 atom stereocenters. The smallest absolute Gasteiger partial charge is 0.346 e. The Morgan fingerprint density at radius 3 is 1.29 bits per heavy atom. The zero-order chi connectivity index (χ0) is 41.5. The fourth-order valence-corrected chi connectivity index (χ4v) is 5.90. The average Bonchev–Trinajstić information content (AvgIpc) is 3.04. The van der Waals surface area contributed by atoms with E-state index in [1.54, 1.807) is 55.4 Å². The predicted octanol–water partition coefficient (Wildman–Crippen LogP) is 9.68. The van der Waals surface area contributed by atoms with Gasteiger partial charge in [0.2, 0.25) is 0 Å². The summed E-state index contributed by atoms with van der Waals surface area (Å²) in [5, 5.41) is 0. The highest BCUT2D eigenvalue weighted by Crippen LogP contribution is 2.33. The molecular formula is C43H50F2O10.